The van der Waals surface area contributed by atoms with Crippen LogP contribution in [-0.4, -0.2) is 14.7 Å². The minimum absolute atomic E-state index is 0.520. The SMILES string of the molecule is CCCCc1ccccc1OP(O)OP(O)O. The molecular formula is C10H16O5P2. The molecule has 1 aromatic carbocycles. The third-order valence-electron chi connectivity index (χ3n) is 2.09. The Morgan fingerprint density at radius 1 is 1.18 bits per heavy atom. The van der Waals surface area contributed by atoms with Gasteiger partial charge in [0.2, 0.25) is 0 Å². The van der Waals surface area contributed by atoms with Crippen LogP contribution in [0.5, 0.6) is 5.75 Å². The molecule has 0 amide bonds. The van der Waals surface area contributed by atoms with Crippen molar-refractivity contribution in [2.24, 2.45) is 0 Å². The first-order valence-corrected chi connectivity index (χ1v) is 7.54. The van der Waals surface area contributed by atoms with Crippen LogP contribution in [0.1, 0.15) is 25.3 Å². The second-order valence-electron chi connectivity index (χ2n) is 3.37. The Hall–Kier alpha value is -0.280. The van der Waals surface area contributed by atoms with Crippen LogP contribution in [0, 0.1) is 0 Å². The summed E-state index contributed by atoms with van der Waals surface area (Å²) in [5.41, 5.74) is 0.972. The van der Waals surface area contributed by atoms with Crippen LogP contribution in [0.2, 0.25) is 0 Å². The van der Waals surface area contributed by atoms with Gasteiger partial charge < -0.3 is 19.2 Å². The van der Waals surface area contributed by atoms with Gasteiger partial charge in [-0.05, 0) is 24.5 Å². The molecule has 1 rings (SSSR count). The van der Waals surface area contributed by atoms with Crippen molar-refractivity contribution in [1.82, 2.24) is 0 Å². The summed E-state index contributed by atoms with van der Waals surface area (Å²) >= 11 is 0. The number of unbranched alkanes of at least 4 members (excludes halogenated alkanes) is 1. The highest BCUT2D eigenvalue weighted by Crippen LogP contribution is 2.47. The fourth-order valence-corrected chi connectivity index (χ4v) is 2.31. The fourth-order valence-electron chi connectivity index (χ4n) is 1.33. The van der Waals surface area contributed by atoms with Crippen molar-refractivity contribution >= 4 is 17.2 Å². The molecule has 0 saturated carbocycles. The van der Waals surface area contributed by atoms with E-state index >= 15 is 0 Å². The first-order valence-electron chi connectivity index (χ1n) is 5.24. The Morgan fingerprint density at radius 2 is 1.88 bits per heavy atom. The lowest BCUT2D eigenvalue weighted by Gasteiger charge is -2.14. The van der Waals surface area contributed by atoms with Gasteiger partial charge >= 0.3 is 17.2 Å². The van der Waals surface area contributed by atoms with Crippen LogP contribution in [0.3, 0.4) is 0 Å². The van der Waals surface area contributed by atoms with Crippen LogP contribution in [0.4, 0.5) is 0 Å². The lowest BCUT2D eigenvalue weighted by molar-refractivity contribution is 0.328. The number of hydrogen-bond acceptors (Lipinski definition) is 5. The predicted molar refractivity (Wildman–Crippen MR) is 67.3 cm³/mol. The quantitative estimate of drug-likeness (QED) is 0.668. The smallest absolute Gasteiger partial charge is 0.401 e. The molecule has 0 aliphatic carbocycles. The third-order valence-corrected chi connectivity index (χ3v) is 3.59. The summed E-state index contributed by atoms with van der Waals surface area (Å²) in [6.07, 6.45) is 2.94. The minimum atomic E-state index is -2.60. The molecule has 96 valence electrons. The number of rotatable bonds is 7. The van der Waals surface area contributed by atoms with Gasteiger partial charge in [0.05, 0.1) is 0 Å². The molecule has 0 heterocycles. The largest absolute Gasteiger partial charge is 0.426 e. The molecule has 3 N–H and O–H groups in total. The molecular weight excluding hydrogens is 262 g/mol. The molecule has 17 heavy (non-hydrogen) atoms. The van der Waals surface area contributed by atoms with E-state index in [1.54, 1.807) is 12.1 Å². The molecule has 0 aromatic heterocycles. The van der Waals surface area contributed by atoms with Crippen LogP contribution in [0.25, 0.3) is 0 Å². The van der Waals surface area contributed by atoms with E-state index < -0.39 is 17.2 Å². The second-order valence-corrected chi connectivity index (χ2v) is 5.19. The Morgan fingerprint density at radius 3 is 2.53 bits per heavy atom. The highest BCUT2D eigenvalue weighted by molar-refractivity contribution is 7.54. The van der Waals surface area contributed by atoms with Gasteiger partial charge in [-0.3, -0.25) is 0 Å². The van der Waals surface area contributed by atoms with Gasteiger partial charge in [0.1, 0.15) is 5.75 Å². The maximum Gasteiger partial charge on any atom is 0.401 e. The Labute approximate surface area is 103 Å². The van der Waals surface area contributed by atoms with E-state index in [4.69, 9.17) is 14.3 Å². The van der Waals surface area contributed by atoms with Crippen molar-refractivity contribution < 1.29 is 23.5 Å². The topological polar surface area (TPSA) is 79.2 Å². The average Bonchev–Trinajstić information content (AvgIpc) is 2.26. The van der Waals surface area contributed by atoms with Crippen LogP contribution < -0.4 is 4.52 Å². The average molecular weight is 278 g/mol. The van der Waals surface area contributed by atoms with Crippen molar-refractivity contribution in [3.8, 4) is 5.75 Å². The third kappa shape index (κ3) is 5.73. The summed E-state index contributed by atoms with van der Waals surface area (Å²) in [7, 11) is -4.90. The molecule has 5 nitrogen and oxygen atoms in total. The molecule has 0 aliphatic rings. The van der Waals surface area contributed by atoms with E-state index in [-0.39, 0.29) is 0 Å². The highest BCUT2D eigenvalue weighted by Gasteiger charge is 2.16. The van der Waals surface area contributed by atoms with Gasteiger partial charge in [0.15, 0.2) is 0 Å². The lowest BCUT2D eigenvalue weighted by Crippen LogP contribution is -1.94. The van der Waals surface area contributed by atoms with E-state index in [9.17, 15) is 4.89 Å². The van der Waals surface area contributed by atoms with Crippen molar-refractivity contribution in [3.63, 3.8) is 0 Å². The second kappa shape index (κ2) is 7.93. The number of hydrogen-bond donors (Lipinski definition) is 3. The molecule has 1 aromatic rings. The fraction of sp³-hybridized carbons (Fsp3) is 0.400. The van der Waals surface area contributed by atoms with Crippen molar-refractivity contribution in [1.29, 1.82) is 0 Å². The van der Waals surface area contributed by atoms with Gasteiger partial charge in [0, 0.05) is 0 Å². The summed E-state index contributed by atoms with van der Waals surface area (Å²) in [6.45, 7) is 2.09. The molecule has 0 aliphatic heterocycles. The van der Waals surface area contributed by atoms with Crippen LogP contribution >= 0.6 is 17.2 Å². The van der Waals surface area contributed by atoms with Crippen molar-refractivity contribution in [3.05, 3.63) is 29.8 Å². The van der Waals surface area contributed by atoms with E-state index in [0.29, 0.717) is 5.75 Å². The molecule has 7 heteroatoms. The minimum Gasteiger partial charge on any atom is -0.426 e. The molecule has 0 saturated heterocycles. The zero-order chi connectivity index (χ0) is 12.7. The molecule has 1 atom stereocenters. The van der Waals surface area contributed by atoms with Gasteiger partial charge in [-0.2, -0.15) is 0 Å². The molecule has 0 spiro atoms. The maximum atomic E-state index is 9.34. The number of para-hydroxylation sites is 1. The first-order chi connectivity index (χ1) is 8.13. The Bertz CT molecular complexity index is 334. The summed E-state index contributed by atoms with van der Waals surface area (Å²) in [5.74, 6) is 0.520. The van der Waals surface area contributed by atoms with Gasteiger partial charge in [-0.25, -0.2) is 4.31 Å². The lowest BCUT2D eigenvalue weighted by atomic mass is 10.1. The van der Waals surface area contributed by atoms with Crippen LogP contribution in [0.15, 0.2) is 24.3 Å². The zero-order valence-electron chi connectivity index (χ0n) is 9.48. The van der Waals surface area contributed by atoms with Gasteiger partial charge in [0.25, 0.3) is 0 Å². The van der Waals surface area contributed by atoms with E-state index in [1.165, 1.54) is 0 Å². The number of aryl methyl sites for hydroxylation is 1. The first kappa shape index (κ1) is 14.8. The molecule has 0 bridgehead atoms. The van der Waals surface area contributed by atoms with E-state index in [1.807, 2.05) is 12.1 Å². The zero-order valence-corrected chi connectivity index (χ0v) is 11.3. The predicted octanol–water partition coefficient (Wildman–Crippen LogP) is 2.86. The summed E-state index contributed by atoms with van der Waals surface area (Å²) < 4.78 is 9.54. The Kier molecular flexibility index (Phi) is 6.90. The summed E-state index contributed by atoms with van der Waals surface area (Å²) in [4.78, 5) is 26.5. The van der Waals surface area contributed by atoms with Gasteiger partial charge in [-0.1, -0.05) is 31.5 Å². The normalized spacial score (nSPS) is 12.8. The van der Waals surface area contributed by atoms with E-state index in [0.717, 1.165) is 24.8 Å². The number of benzene rings is 1. The van der Waals surface area contributed by atoms with E-state index in [2.05, 4.69) is 11.2 Å². The maximum absolute atomic E-state index is 9.34. The van der Waals surface area contributed by atoms with Crippen molar-refractivity contribution in [2.45, 2.75) is 26.2 Å². The van der Waals surface area contributed by atoms with Crippen LogP contribution in [-0.2, 0) is 10.7 Å². The highest BCUT2D eigenvalue weighted by atomic mass is 31.2. The standard InChI is InChI=1S/C10H16O5P2/c1-2-3-6-9-7-4-5-8-10(9)14-17(13)15-16(11)12/h4-5,7-8,11-13H,2-3,6H2,1H3. The summed E-state index contributed by atoms with van der Waals surface area (Å²) in [5, 5.41) is 0. The molecule has 0 radical (unpaired) electrons. The van der Waals surface area contributed by atoms with Crippen molar-refractivity contribution in [2.75, 3.05) is 0 Å². The molecule has 0 fully saturated rings. The monoisotopic (exact) mass is 278 g/mol. The molecule has 1 unspecified atom stereocenters. The Balaban J connectivity index is 2.62. The summed E-state index contributed by atoms with van der Waals surface area (Å²) in [6, 6.07) is 7.31. The van der Waals surface area contributed by atoms with Gasteiger partial charge in [-0.15, -0.1) is 0 Å².